The molecule has 0 unspecified atom stereocenters. The molecule has 0 amide bonds. The molecule has 0 saturated carbocycles. The lowest BCUT2D eigenvalue weighted by Crippen LogP contribution is -2.20. The van der Waals surface area contributed by atoms with Crippen LogP contribution >= 0.6 is 0 Å². The quantitative estimate of drug-likeness (QED) is 0.267. The van der Waals surface area contributed by atoms with Gasteiger partial charge < -0.3 is 18.9 Å². The van der Waals surface area contributed by atoms with E-state index in [-0.39, 0.29) is 6.79 Å². The molecule has 0 aromatic heterocycles. The fourth-order valence-electron chi connectivity index (χ4n) is 2.15. The number of ether oxygens (including phenoxy) is 4. The first-order valence-electron chi connectivity index (χ1n) is 8.39. The second-order valence-electron chi connectivity index (χ2n) is 5.54. The topological polar surface area (TPSA) is 54.0 Å². The van der Waals surface area contributed by atoms with Gasteiger partial charge >= 0.3 is 5.97 Å². The Morgan fingerprint density at radius 2 is 1.50 bits per heavy atom. The SMILES string of the molecule is COC(=O)/C=C/[C@@H](COCc1ccccc1)OCOCc1ccccc1. The molecule has 1 atom stereocenters. The lowest BCUT2D eigenvalue weighted by atomic mass is 10.2. The number of carbonyl (C=O) groups is 1. The maximum Gasteiger partial charge on any atom is 0.330 e. The predicted octanol–water partition coefficient (Wildman–Crippen LogP) is 3.49. The van der Waals surface area contributed by atoms with Crippen LogP contribution in [0.15, 0.2) is 72.8 Å². The Balaban J connectivity index is 1.76. The molecule has 138 valence electrons. The fraction of sp³-hybridized carbons (Fsp3) is 0.286. The molecule has 26 heavy (non-hydrogen) atoms. The van der Waals surface area contributed by atoms with Crippen LogP contribution in [-0.4, -0.2) is 32.6 Å². The van der Waals surface area contributed by atoms with Gasteiger partial charge in [0, 0.05) is 6.08 Å². The van der Waals surface area contributed by atoms with Crippen molar-refractivity contribution in [3.8, 4) is 0 Å². The summed E-state index contributed by atoms with van der Waals surface area (Å²) >= 11 is 0. The Labute approximate surface area is 154 Å². The van der Waals surface area contributed by atoms with Crippen LogP contribution in [0.5, 0.6) is 0 Å². The first kappa shape index (κ1) is 19.8. The smallest absolute Gasteiger partial charge is 0.330 e. The molecular formula is C21H24O5. The van der Waals surface area contributed by atoms with Crippen LogP contribution in [0.4, 0.5) is 0 Å². The van der Waals surface area contributed by atoms with E-state index in [1.807, 2.05) is 60.7 Å². The van der Waals surface area contributed by atoms with Gasteiger partial charge in [-0.15, -0.1) is 0 Å². The average molecular weight is 356 g/mol. The largest absolute Gasteiger partial charge is 0.466 e. The molecule has 0 N–H and O–H groups in total. The van der Waals surface area contributed by atoms with Crippen LogP contribution in [0.1, 0.15) is 11.1 Å². The molecule has 0 aliphatic carbocycles. The van der Waals surface area contributed by atoms with Gasteiger partial charge in [0.15, 0.2) is 0 Å². The Morgan fingerprint density at radius 1 is 0.923 bits per heavy atom. The first-order chi connectivity index (χ1) is 12.8. The molecule has 0 aliphatic heterocycles. The molecule has 2 aromatic rings. The van der Waals surface area contributed by atoms with Gasteiger partial charge in [-0.25, -0.2) is 4.79 Å². The lowest BCUT2D eigenvalue weighted by molar-refractivity contribution is -0.135. The van der Waals surface area contributed by atoms with E-state index in [9.17, 15) is 4.79 Å². The zero-order chi connectivity index (χ0) is 18.5. The molecule has 0 bridgehead atoms. The van der Waals surface area contributed by atoms with Crippen LogP contribution in [0.25, 0.3) is 0 Å². The normalized spacial score (nSPS) is 12.2. The van der Waals surface area contributed by atoms with Crippen molar-refractivity contribution in [1.29, 1.82) is 0 Å². The highest BCUT2D eigenvalue weighted by atomic mass is 16.7. The van der Waals surface area contributed by atoms with Crippen LogP contribution in [0, 0.1) is 0 Å². The third kappa shape index (κ3) is 8.07. The Hall–Kier alpha value is -2.47. The van der Waals surface area contributed by atoms with E-state index in [0.717, 1.165) is 11.1 Å². The number of esters is 1. The second-order valence-corrected chi connectivity index (χ2v) is 5.54. The van der Waals surface area contributed by atoms with E-state index in [4.69, 9.17) is 14.2 Å². The van der Waals surface area contributed by atoms with Crippen LogP contribution in [-0.2, 0) is 37.0 Å². The molecular weight excluding hydrogens is 332 g/mol. The standard InChI is InChI=1S/C21H24O5/c1-23-21(22)13-12-20(16-24-14-18-8-4-2-5-9-18)26-17-25-15-19-10-6-3-7-11-19/h2-13,20H,14-17H2,1H3/b13-12+/t20-/m0/s1. The van der Waals surface area contributed by atoms with E-state index < -0.39 is 12.1 Å². The van der Waals surface area contributed by atoms with Crippen molar-refractivity contribution in [3.63, 3.8) is 0 Å². The zero-order valence-electron chi connectivity index (χ0n) is 14.9. The number of methoxy groups -OCH3 is 1. The van der Waals surface area contributed by atoms with Crippen LogP contribution in [0.2, 0.25) is 0 Å². The number of hydrogen-bond donors (Lipinski definition) is 0. The third-order valence-corrected chi connectivity index (χ3v) is 3.52. The minimum absolute atomic E-state index is 0.0970. The molecule has 0 fully saturated rings. The molecule has 5 nitrogen and oxygen atoms in total. The summed E-state index contributed by atoms with van der Waals surface area (Å²) in [5.41, 5.74) is 2.14. The number of carbonyl (C=O) groups excluding carboxylic acids is 1. The predicted molar refractivity (Wildman–Crippen MR) is 98.2 cm³/mol. The highest BCUT2D eigenvalue weighted by Crippen LogP contribution is 2.05. The maximum absolute atomic E-state index is 11.3. The van der Waals surface area contributed by atoms with Gasteiger partial charge in [-0.1, -0.05) is 60.7 Å². The monoisotopic (exact) mass is 356 g/mol. The van der Waals surface area contributed by atoms with E-state index in [0.29, 0.717) is 19.8 Å². The Morgan fingerprint density at radius 3 is 2.08 bits per heavy atom. The first-order valence-corrected chi connectivity index (χ1v) is 8.39. The van der Waals surface area contributed by atoms with Gasteiger partial charge in [0.2, 0.25) is 0 Å². The summed E-state index contributed by atoms with van der Waals surface area (Å²) in [5, 5.41) is 0. The van der Waals surface area contributed by atoms with Gasteiger partial charge in [-0.2, -0.15) is 0 Å². The van der Waals surface area contributed by atoms with E-state index in [2.05, 4.69) is 4.74 Å². The number of hydrogen-bond acceptors (Lipinski definition) is 5. The van der Waals surface area contributed by atoms with Crippen LogP contribution in [0.3, 0.4) is 0 Å². The zero-order valence-corrected chi connectivity index (χ0v) is 14.9. The van der Waals surface area contributed by atoms with Gasteiger partial charge in [0.05, 0.1) is 26.9 Å². The van der Waals surface area contributed by atoms with E-state index in [1.54, 1.807) is 6.08 Å². The molecule has 0 heterocycles. The number of rotatable bonds is 11. The molecule has 2 rings (SSSR count). The molecule has 0 saturated heterocycles. The van der Waals surface area contributed by atoms with Crippen LogP contribution < -0.4 is 0 Å². The van der Waals surface area contributed by atoms with Crippen molar-refractivity contribution in [3.05, 3.63) is 83.9 Å². The highest BCUT2D eigenvalue weighted by molar-refractivity contribution is 5.81. The fourth-order valence-corrected chi connectivity index (χ4v) is 2.15. The summed E-state index contributed by atoms with van der Waals surface area (Å²) in [4.78, 5) is 11.3. The van der Waals surface area contributed by atoms with Crippen molar-refractivity contribution < 1.29 is 23.7 Å². The van der Waals surface area contributed by atoms with Crippen molar-refractivity contribution in [1.82, 2.24) is 0 Å². The van der Waals surface area contributed by atoms with Crippen molar-refractivity contribution in [2.75, 3.05) is 20.5 Å². The highest BCUT2D eigenvalue weighted by Gasteiger charge is 2.07. The minimum atomic E-state index is -0.438. The summed E-state index contributed by atoms with van der Waals surface area (Å²) in [5.74, 6) is -0.438. The van der Waals surface area contributed by atoms with E-state index >= 15 is 0 Å². The molecule has 0 aliphatic rings. The second kappa shape index (κ2) is 12.0. The Bertz CT molecular complexity index is 655. The van der Waals surface area contributed by atoms with E-state index in [1.165, 1.54) is 13.2 Å². The van der Waals surface area contributed by atoms with Crippen molar-refractivity contribution in [2.24, 2.45) is 0 Å². The minimum Gasteiger partial charge on any atom is -0.466 e. The third-order valence-electron chi connectivity index (χ3n) is 3.52. The number of benzene rings is 2. The summed E-state index contributed by atoms with van der Waals surface area (Å²) in [6, 6.07) is 19.7. The average Bonchev–Trinajstić information content (AvgIpc) is 2.70. The van der Waals surface area contributed by atoms with Crippen molar-refractivity contribution >= 4 is 5.97 Å². The molecule has 5 heteroatoms. The summed E-state index contributed by atoms with van der Waals surface area (Å²) in [6.45, 7) is 1.33. The van der Waals surface area contributed by atoms with Gasteiger partial charge in [-0.3, -0.25) is 0 Å². The van der Waals surface area contributed by atoms with Crippen molar-refractivity contribution in [2.45, 2.75) is 19.3 Å². The molecule has 2 aromatic carbocycles. The summed E-state index contributed by atoms with van der Waals surface area (Å²) in [6.07, 6.45) is 2.53. The van der Waals surface area contributed by atoms with Gasteiger partial charge in [-0.05, 0) is 17.2 Å². The van der Waals surface area contributed by atoms with Gasteiger partial charge in [0.1, 0.15) is 12.9 Å². The summed E-state index contributed by atoms with van der Waals surface area (Å²) < 4.78 is 21.5. The maximum atomic E-state index is 11.3. The lowest BCUT2D eigenvalue weighted by Gasteiger charge is -2.15. The Kier molecular flexibility index (Phi) is 9.14. The molecule has 0 spiro atoms. The molecule has 0 radical (unpaired) electrons. The summed E-state index contributed by atoms with van der Waals surface area (Å²) in [7, 11) is 1.33. The van der Waals surface area contributed by atoms with Gasteiger partial charge in [0.25, 0.3) is 0 Å².